The quantitative estimate of drug-likeness (QED) is 0.726. The van der Waals surface area contributed by atoms with Gasteiger partial charge in [-0.1, -0.05) is 6.92 Å². The molecular weight excluding hydrogens is 306 g/mol. The fourth-order valence-electron chi connectivity index (χ4n) is 3.05. The topological polar surface area (TPSA) is 86.2 Å². The first-order valence-corrected chi connectivity index (χ1v) is 8.58. The molecule has 0 unspecified atom stereocenters. The van der Waals surface area contributed by atoms with Crippen LogP contribution in [0.15, 0.2) is 28.9 Å². The standard InChI is InChI=1S/C17H25N5O2/c1-2-13-10-14(21-20-13)11-18-17(23)19-12-15(16-6-5-9-24-16)22-7-3-4-8-22/h5-6,9-10,15H,2-4,7-8,11-12H2,1H3,(H,20,21)(H2,18,19,23)/t15-/m0/s1. The molecule has 1 aliphatic rings. The Kier molecular flexibility index (Phi) is 5.53. The normalized spacial score (nSPS) is 16.2. The van der Waals surface area contributed by atoms with Gasteiger partial charge in [0, 0.05) is 6.54 Å². The van der Waals surface area contributed by atoms with Crippen molar-refractivity contribution in [1.82, 2.24) is 25.7 Å². The van der Waals surface area contributed by atoms with E-state index in [4.69, 9.17) is 4.42 Å². The van der Waals surface area contributed by atoms with Gasteiger partial charge in [-0.15, -0.1) is 0 Å². The zero-order valence-corrected chi connectivity index (χ0v) is 14.0. The van der Waals surface area contributed by atoms with Gasteiger partial charge in [-0.25, -0.2) is 4.79 Å². The fourth-order valence-corrected chi connectivity index (χ4v) is 3.05. The van der Waals surface area contributed by atoms with Crippen LogP contribution in [0.3, 0.4) is 0 Å². The third-order valence-corrected chi connectivity index (χ3v) is 4.39. The second kappa shape index (κ2) is 8.01. The van der Waals surface area contributed by atoms with Gasteiger partial charge < -0.3 is 15.1 Å². The van der Waals surface area contributed by atoms with E-state index >= 15 is 0 Å². The van der Waals surface area contributed by atoms with Gasteiger partial charge in [-0.3, -0.25) is 10.00 Å². The smallest absolute Gasteiger partial charge is 0.315 e. The van der Waals surface area contributed by atoms with E-state index in [1.807, 2.05) is 25.1 Å². The lowest BCUT2D eigenvalue weighted by molar-refractivity contribution is 0.203. The predicted octanol–water partition coefficient (Wildman–Crippen LogP) is 2.20. The fraction of sp³-hybridized carbons (Fsp3) is 0.529. The Balaban J connectivity index is 1.49. The summed E-state index contributed by atoms with van der Waals surface area (Å²) < 4.78 is 5.56. The van der Waals surface area contributed by atoms with Crippen molar-refractivity contribution < 1.29 is 9.21 Å². The van der Waals surface area contributed by atoms with E-state index in [0.29, 0.717) is 13.1 Å². The molecule has 7 heteroatoms. The number of hydrogen-bond donors (Lipinski definition) is 3. The molecule has 2 aromatic heterocycles. The molecule has 130 valence electrons. The van der Waals surface area contributed by atoms with Crippen LogP contribution in [-0.2, 0) is 13.0 Å². The Hall–Kier alpha value is -2.28. The van der Waals surface area contributed by atoms with E-state index in [1.54, 1.807) is 6.26 Å². The molecule has 24 heavy (non-hydrogen) atoms. The van der Waals surface area contributed by atoms with Crippen LogP contribution in [0.2, 0.25) is 0 Å². The Morgan fingerprint density at radius 2 is 2.25 bits per heavy atom. The van der Waals surface area contributed by atoms with E-state index in [-0.39, 0.29) is 12.1 Å². The summed E-state index contributed by atoms with van der Waals surface area (Å²) in [6.45, 7) is 5.11. The molecule has 1 aliphatic heterocycles. The number of aryl methyl sites for hydroxylation is 1. The average molecular weight is 331 g/mol. The van der Waals surface area contributed by atoms with Gasteiger partial charge in [-0.2, -0.15) is 5.10 Å². The summed E-state index contributed by atoms with van der Waals surface area (Å²) in [4.78, 5) is 14.4. The molecule has 3 rings (SSSR count). The van der Waals surface area contributed by atoms with Crippen molar-refractivity contribution in [3.8, 4) is 0 Å². The molecule has 3 N–H and O–H groups in total. The van der Waals surface area contributed by atoms with Crippen molar-refractivity contribution in [2.24, 2.45) is 0 Å². The van der Waals surface area contributed by atoms with Crippen molar-refractivity contribution in [3.63, 3.8) is 0 Å². The third kappa shape index (κ3) is 4.17. The molecule has 0 aromatic carbocycles. The summed E-state index contributed by atoms with van der Waals surface area (Å²) in [6.07, 6.45) is 4.96. The number of amides is 2. The lowest BCUT2D eigenvalue weighted by atomic mass is 10.2. The number of likely N-dealkylation sites (tertiary alicyclic amines) is 1. The molecule has 0 saturated carbocycles. The summed E-state index contributed by atoms with van der Waals surface area (Å²) in [7, 11) is 0. The van der Waals surface area contributed by atoms with Gasteiger partial charge in [0.15, 0.2) is 0 Å². The van der Waals surface area contributed by atoms with Gasteiger partial charge in [0.25, 0.3) is 0 Å². The number of aromatic amines is 1. The maximum atomic E-state index is 12.1. The second-order valence-electron chi connectivity index (χ2n) is 6.08. The van der Waals surface area contributed by atoms with E-state index in [9.17, 15) is 4.79 Å². The first-order chi connectivity index (χ1) is 11.8. The van der Waals surface area contributed by atoms with Gasteiger partial charge in [0.2, 0.25) is 0 Å². The molecule has 0 radical (unpaired) electrons. The first-order valence-electron chi connectivity index (χ1n) is 8.58. The summed E-state index contributed by atoms with van der Waals surface area (Å²) in [5.74, 6) is 0.901. The van der Waals surface area contributed by atoms with Gasteiger partial charge in [-0.05, 0) is 50.6 Å². The predicted molar refractivity (Wildman–Crippen MR) is 90.5 cm³/mol. The van der Waals surface area contributed by atoms with Crippen LogP contribution < -0.4 is 10.6 Å². The third-order valence-electron chi connectivity index (χ3n) is 4.39. The highest BCUT2D eigenvalue weighted by Crippen LogP contribution is 2.24. The molecule has 0 spiro atoms. The molecule has 3 heterocycles. The second-order valence-corrected chi connectivity index (χ2v) is 6.08. The molecule has 0 bridgehead atoms. The SMILES string of the molecule is CCc1cc(CNC(=O)NC[C@@H](c2ccco2)N2CCCC2)[nH]n1. The summed E-state index contributed by atoms with van der Waals surface area (Å²) in [5, 5.41) is 12.9. The van der Waals surface area contributed by atoms with E-state index in [1.165, 1.54) is 12.8 Å². The van der Waals surface area contributed by atoms with E-state index < -0.39 is 0 Å². The van der Waals surface area contributed by atoms with E-state index in [2.05, 4.69) is 25.7 Å². The number of nitrogens with zero attached hydrogens (tertiary/aromatic N) is 2. The van der Waals surface area contributed by atoms with Crippen molar-refractivity contribution in [1.29, 1.82) is 0 Å². The zero-order chi connectivity index (χ0) is 16.8. The van der Waals surface area contributed by atoms with E-state index in [0.717, 1.165) is 36.7 Å². The molecule has 2 amide bonds. The van der Waals surface area contributed by atoms with Crippen LogP contribution in [0.25, 0.3) is 0 Å². The highest BCUT2D eigenvalue weighted by molar-refractivity contribution is 5.73. The number of hydrogen-bond acceptors (Lipinski definition) is 4. The monoisotopic (exact) mass is 331 g/mol. The first kappa shape index (κ1) is 16.6. The van der Waals surface area contributed by atoms with Gasteiger partial charge in [0.1, 0.15) is 5.76 Å². The molecule has 1 atom stereocenters. The Morgan fingerprint density at radius 1 is 1.42 bits per heavy atom. The molecular formula is C17H25N5O2. The lowest BCUT2D eigenvalue weighted by Crippen LogP contribution is -2.41. The summed E-state index contributed by atoms with van der Waals surface area (Å²) in [6, 6.07) is 5.74. The van der Waals surface area contributed by atoms with Gasteiger partial charge in [0.05, 0.1) is 30.2 Å². The lowest BCUT2D eigenvalue weighted by Gasteiger charge is -2.26. The maximum absolute atomic E-state index is 12.1. The van der Waals surface area contributed by atoms with Crippen molar-refractivity contribution >= 4 is 6.03 Å². The molecule has 1 fully saturated rings. The van der Waals surface area contributed by atoms with Crippen LogP contribution in [0.4, 0.5) is 4.79 Å². The molecule has 1 saturated heterocycles. The number of rotatable bonds is 7. The van der Waals surface area contributed by atoms with Crippen LogP contribution in [0, 0.1) is 0 Å². The zero-order valence-electron chi connectivity index (χ0n) is 14.0. The largest absolute Gasteiger partial charge is 0.468 e. The number of aromatic nitrogens is 2. The Bertz CT molecular complexity index is 631. The average Bonchev–Trinajstić information content (AvgIpc) is 3.34. The number of carbonyl (C=O) groups excluding carboxylic acids is 1. The molecule has 7 nitrogen and oxygen atoms in total. The Morgan fingerprint density at radius 3 is 2.92 bits per heavy atom. The highest BCUT2D eigenvalue weighted by atomic mass is 16.3. The van der Waals surface area contributed by atoms with Crippen molar-refractivity contribution in [3.05, 3.63) is 41.6 Å². The summed E-state index contributed by atoms with van der Waals surface area (Å²) >= 11 is 0. The highest BCUT2D eigenvalue weighted by Gasteiger charge is 2.25. The number of H-pyrrole nitrogens is 1. The molecule has 2 aromatic rings. The van der Waals surface area contributed by atoms with Crippen molar-refractivity contribution in [2.75, 3.05) is 19.6 Å². The van der Waals surface area contributed by atoms with Crippen LogP contribution in [0.1, 0.15) is 43.0 Å². The minimum absolute atomic E-state index is 0.0899. The maximum Gasteiger partial charge on any atom is 0.315 e. The number of urea groups is 1. The minimum Gasteiger partial charge on any atom is -0.468 e. The summed E-state index contributed by atoms with van der Waals surface area (Å²) in [5.41, 5.74) is 1.91. The minimum atomic E-state index is -0.182. The van der Waals surface area contributed by atoms with Crippen molar-refractivity contribution in [2.45, 2.75) is 38.8 Å². The number of carbonyl (C=O) groups is 1. The van der Waals surface area contributed by atoms with Crippen LogP contribution in [-0.4, -0.2) is 40.8 Å². The van der Waals surface area contributed by atoms with Crippen LogP contribution in [0.5, 0.6) is 0 Å². The Labute approximate surface area is 141 Å². The number of furan rings is 1. The molecule has 0 aliphatic carbocycles. The van der Waals surface area contributed by atoms with Gasteiger partial charge >= 0.3 is 6.03 Å². The number of nitrogens with one attached hydrogen (secondary N) is 3. The van der Waals surface area contributed by atoms with Crippen LogP contribution >= 0.6 is 0 Å².